The highest BCUT2D eigenvalue weighted by atomic mass is 15.2. The van der Waals surface area contributed by atoms with Crippen molar-refractivity contribution in [2.75, 3.05) is 31.5 Å². The molecule has 0 spiro atoms. The van der Waals surface area contributed by atoms with Crippen molar-refractivity contribution in [2.24, 2.45) is 0 Å². The van der Waals surface area contributed by atoms with Crippen LogP contribution in [0.5, 0.6) is 0 Å². The minimum Gasteiger partial charge on any atom is -0.329 e. The Morgan fingerprint density at radius 2 is 1.86 bits per heavy atom. The molecule has 1 aromatic carbocycles. The van der Waals surface area contributed by atoms with E-state index in [1.165, 1.54) is 36.8 Å². The summed E-state index contributed by atoms with van der Waals surface area (Å²) in [6.45, 7) is 7.57. The Morgan fingerprint density at radius 3 is 2.62 bits per heavy atom. The van der Waals surface area contributed by atoms with Gasteiger partial charge in [-0.1, -0.05) is 25.0 Å². The number of piperazine rings is 1. The Bertz CT molecular complexity index is 965. The van der Waals surface area contributed by atoms with E-state index in [1.807, 2.05) is 6.20 Å². The number of aryl methyl sites for hydroxylation is 1. The average molecular weight is 391 g/mol. The van der Waals surface area contributed by atoms with Gasteiger partial charge < -0.3 is 15.2 Å². The summed E-state index contributed by atoms with van der Waals surface area (Å²) < 4.78 is 2.38. The van der Waals surface area contributed by atoms with Gasteiger partial charge in [0.05, 0.1) is 0 Å². The molecule has 2 aliphatic rings. The molecule has 0 bridgehead atoms. The molecule has 2 N–H and O–H groups in total. The van der Waals surface area contributed by atoms with Crippen LogP contribution in [0.1, 0.15) is 42.9 Å². The minimum atomic E-state index is 0.582. The molecular weight excluding hydrogens is 360 g/mol. The highest BCUT2D eigenvalue weighted by molar-refractivity contribution is 5.80. The van der Waals surface area contributed by atoms with Crippen LogP contribution in [0.4, 0.5) is 11.6 Å². The van der Waals surface area contributed by atoms with Crippen molar-refractivity contribution in [2.45, 2.75) is 45.2 Å². The predicted octanol–water partition coefficient (Wildman–Crippen LogP) is 4.00. The molecule has 0 radical (unpaired) electrons. The quantitative estimate of drug-likeness (QED) is 0.689. The van der Waals surface area contributed by atoms with E-state index in [4.69, 9.17) is 4.98 Å². The largest absolute Gasteiger partial charge is 0.329 e. The summed E-state index contributed by atoms with van der Waals surface area (Å²) in [6, 6.07) is 9.25. The van der Waals surface area contributed by atoms with Crippen LogP contribution < -0.4 is 10.6 Å². The van der Waals surface area contributed by atoms with Crippen LogP contribution in [0, 0.1) is 6.92 Å². The molecule has 0 atom stereocenters. The van der Waals surface area contributed by atoms with E-state index in [0.29, 0.717) is 12.0 Å². The Kier molecular flexibility index (Phi) is 5.21. The molecule has 0 amide bonds. The number of hydrogen-bond donors (Lipinski definition) is 2. The maximum Gasteiger partial charge on any atom is 0.229 e. The fourth-order valence-corrected chi connectivity index (χ4v) is 4.66. The van der Waals surface area contributed by atoms with Crippen LogP contribution in [0.15, 0.2) is 36.7 Å². The SMILES string of the molecule is Cc1cn(C2CCCC2)c2nc(Nc3ccc(CN4CCNCC4)cc3)ncc12. The fraction of sp³-hybridized carbons (Fsp3) is 0.478. The Balaban J connectivity index is 1.32. The second-order valence-electron chi connectivity index (χ2n) is 8.44. The van der Waals surface area contributed by atoms with Gasteiger partial charge in [-0.15, -0.1) is 0 Å². The first-order chi connectivity index (χ1) is 14.3. The summed E-state index contributed by atoms with van der Waals surface area (Å²) in [5.41, 5.74) is 4.70. The van der Waals surface area contributed by atoms with E-state index in [0.717, 1.165) is 49.4 Å². The van der Waals surface area contributed by atoms with Gasteiger partial charge in [0.2, 0.25) is 5.95 Å². The first-order valence-corrected chi connectivity index (χ1v) is 10.9. The van der Waals surface area contributed by atoms with Gasteiger partial charge in [0.1, 0.15) is 5.65 Å². The predicted molar refractivity (Wildman–Crippen MR) is 118 cm³/mol. The molecule has 2 aromatic heterocycles. The van der Waals surface area contributed by atoms with Crippen LogP contribution in [-0.4, -0.2) is 45.6 Å². The maximum atomic E-state index is 4.88. The van der Waals surface area contributed by atoms with E-state index in [9.17, 15) is 0 Å². The van der Waals surface area contributed by atoms with E-state index in [-0.39, 0.29) is 0 Å². The van der Waals surface area contributed by atoms with Gasteiger partial charge in [-0.3, -0.25) is 4.90 Å². The summed E-state index contributed by atoms with van der Waals surface area (Å²) in [6.07, 6.45) is 9.36. The van der Waals surface area contributed by atoms with Crippen molar-refractivity contribution in [3.05, 3.63) is 47.8 Å². The number of fused-ring (bicyclic) bond motifs is 1. The van der Waals surface area contributed by atoms with E-state index in [1.54, 1.807) is 0 Å². The van der Waals surface area contributed by atoms with Crippen LogP contribution >= 0.6 is 0 Å². The topological polar surface area (TPSA) is 58.0 Å². The lowest BCUT2D eigenvalue weighted by atomic mass is 10.2. The van der Waals surface area contributed by atoms with Gasteiger partial charge in [0.15, 0.2) is 0 Å². The number of nitrogens with one attached hydrogen (secondary N) is 2. The first-order valence-electron chi connectivity index (χ1n) is 10.9. The Hall–Kier alpha value is -2.44. The molecule has 1 saturated heterocycles. The number of aromatic nitrogens is 3. The molecule has 6 nitrogen and oxygen atoms in total. The molecule has 3 aromatic rings. The van der Waals surface area contributed by atoms with Crippen molar-refractivity contribution in [3.63, 3.8) is 0 Å². The molecule has 3 heterocycles. The molecule has 152 valence electrons. The standard InChI is InChI=1S/C23H30N6/c1-17-15-29(20-4-2-3-5-20)22-21(17)14-25-23(27-22)26-19-8-6-18(7-9-19)16-28-12-10-24-11-13-28/h6-9,14-15,20,24H,2-5,10-13,16H2,1H3,(H,25,26,27). The zero-order chi connectivity index (χ0) is 19.6. The number of hydrogen-bond acceptors (Lipinski definition) is 5. The van der Waals surface area contributed by atoms with Gasteiger partial charge in [-0.2, -0.15) is 4.98 Å². The molecule has 1 aliphatic heterocycles. The van der Waals surface area contributed by atoms with Gasteiger partial charge in [0, 0.05) is 62.2 Å². The van der Waals surface area contributed by atoms with Crippen molar-refractivity contribution in [1.82, 2.24) is 24.8 Å². The minimum absolute atomic E-state index is 0.582. The second kappa shape index (κ2) is 8.13. The van der Waals surface area contributed by atoms with Gasteiger partial charge >= 0.3 is 0 Å². The first kappa shape index (κ1) is 18.6. The molecule has 6 heteroatoms. The summed E-state index contributed by atoms with van der Waals surface area (Å²) in [4.78, 5) is 11.9. The van der Waals surface area contributed by atoms with Gasteiger partial charge in [-0.05, 0) is 43.0 Å². The van der Waals surface area contributed by atoms with Crippen molar-refractivity contribution < 1.29 is 0 Å². The monoisotopic (exact) mass is 390 g/mol. The smallest absolute Gasteiger partial charge is 0.229 e. The number of anilines is 2. The van der Waals surface area contributed by atoms with Gasteiger partial charge in [0.25, 0.3) is 0 Å². The molecule has 5 rings (SSSR count). The highest BCUT2D eigenvalue weighted by Gasteiger charge is 2.20. The second-order valence-corrected chi connectivity index (χ2v) is 8.44. The lowest BCUT2D eigenvalue weighted by Gasteiger charge is -2.27. The molecule has 1 saturated carbocycles. The van der Waals surface area contributed by atoms with Crippen LogP contribution in [0.3, 0.4) is 0 Å². The molecule has 29 heavy (non-hydrogen) atoms. The number of nitrogens with zero attached hydrogens (tertiary/aromatic N) is 4. The zero-order valence-electron chi connectivity index (χ0n) is 17.2. The maximum absolute atomic E-state index is 4.88. The van der Waals surface area contributed by atoms with Crippen LogP contribution in [-0.2, 0) is 6.54 Å². The Labute approximate surface area is 172 Å². The normalized spacial score (nSPS) is 18.5. The average Bonchev–Trinajstić information content (AvgIpc) is 3.38. The zero-order valence-corrected chi connectivity index (χ0v) is 17.2. The Morgan fingerprint density at radius 1 is 1.10 bits per heavy atom. The van der Waals surface area contributed by atoms with Gasteiger partial charge in [-0.25, -0.2) is 4.98 Å². The molecular formula is C23H30N6. The third-order valence-corrected chi connectivity index (χ3v) is 6.31. The molecule has 2 fully saturated rings. The highest BCUT2D eigenvalue weighted by Crippen LogP contribution is 2.33. The van der Waals surface area contributed by atoms with Crippen molar-refractivity contribution in [3.8, 4) is 0 Å². The van der Waals surface area contributed by atoms with Crippen LogP contribution in [0.2, 0.25) is 0 Å². The number of rotatable bonds is 5. The lowest BCUT2D eigenvalue weighted by molar-refractivity contribution is 0.233. The van der Waals surface area contributed by atoms with E-state index < -0.39 is 0 Å². The van der Waals surface area contributed by atoms with Crippen molar-refractivity contribution >= 4 is 22.7 Å². The lowest BCUT2D eigenvalue weighted by Crippen LogP contribution is -2.42. The summed E-state index contributed by atoms with van der Waals surface area (Å²) in [7, 11) is 0. The van der Waals surface area contributed by atoms with E-state index >= 15 is 0 Å². The number of benzene rings is 1. The third kappa shape index (κ3) is 4.00. The summed E-state index contributed by atoms with van der Waals surface area (Å²) >= 11 is 0. The summed E-state index contributed by atoms with van der Waals surface area (Å²) in [5, 5.41) is 7.96. The molecule has 1 aliphatic carbocycles. The van der Waals surface area contributed by atoms with Crippen molar-refractivity contribution in [1.29, 1.82) is 0 Å². The summed E-state index contributed by atoms with van der Waals surface area (Å²) in [5.74, 6) is 0.671. The molecule has 0 unspecified atom stereocenters. The third-order valence-electron chi connectivity index (χ3n) is 6.31. The fourth-order valence-electron chi connectivity index (χ4n) is 4.66. The van der Waals surface area contributed by atoms with E-state index in [2.05, 4.69) is 62.5 Å². The van der Waals surface area contributed by atoms with Crippen LogP contribution in [0.25, 0.3) is 11.0 Å².